The van der Waals surface area contributed by atoms with Crippen LogP contribution in [0.2, 0.25) is 0 Å². The van der Waals surface area contributed by atoms with Crippen LogP contribution in [0, 0.1) is 0 Å². The van der Waals surface area contributed by atoms with Gasteiger partial charge in [0.2, 0.25) is 5.89 Å². The van der Waals surface area contributed by atoms with Crippen molar-refractivity contribution in [2.45, 2.75) is 51.2 Å². The Kier molecular flexibility index (Phi) is 3.75. The Bertz CT molecular complexity index is 757. The molecule has 3 atom stereocenters. The van der Waals surface area contributed by atoms with E-state index in [4.69, 9.17) is 9.26 Å². The monoisotopic (exact) mass is 327 g/mol. The molecule has 0 radical (unpaired) electrons. The molecule has 0 unspecified atom stereocenters. The second-order valence-electron chi connectivity index (χ2n) is 6.45. The van der Waals surface area contributed by atoms with E-state index in [0.717, 1.165) is 24.2 Å². The number of nitrogens with zero attached hydrogens (tertiary/aromatic N) is 3. The summed E-state index contributed by atoms with van der Waals surface area (Å²) < 4.78 is 11.2. The Morgan fingerprint density at radius 3 is 2.96 bits per heavy atom. The molecule has 24 heavy (non-hydrogen) atoms. The van der Waals surface area contributed by atoms with E-state index >= 15 is 0 Å². The van der Waals surface area contributed by atoms with E-state index in [-0.39, 0.29) is 17.9 Å². The lowest BCUT2D eigenvalue weighted by molar-refractivity contribution is -0.139. The van der Waals surface area contributed by atoms with E-state index in [1.54, 1.807) is 0 Å². The average Bonchev–Trinajstić information content (AvgIpc) is 3.32. The molecule has 0 N–H and O–H groups in total. The van der Waals surface area contributed by atoms with Crippen LogP contribution in [0.3, 0.4) is 0 Å². The molecule has 2 aliphatic rings. The summed E-state index contributed by atoms with van der Waals surface area (Å²) in [6.45, 7) is 4.73. The summed E-state index contributed by atoms with van der Waals surface area (Å²) in [4.78, 5) is 19.4. The fraction of sp³-hybridized carbons (Fsp3) is 0.500. The van der Waals surface area contributed by atoms with Gasteiger partial charge in [-0.2, -0.15) is 4.98 Å². The fourth-order valence-corrected chi connectivity index (χ4v) is 3.64. The predicted octanol–water partition coefficient (Wildman–Crippen LogP) is 2.86. The lowest BCUT2D eigenvalue weighted by Gasteiger charge is -2.26. The van der Waals surface area contributed by atoms with E-state index in [9.17, 15) is 4.79 Å². The molecule has 1 aromatic carbocycles. The summed E-state index contributed by atoms with van der Waals surface area (Å²) in [6, 6.07) is 7.76. The maximum absolute atomic E-state index is 13.1. The summed E-state index contributed by atoms with van der Waals surface area (Å²) >= 11 is 0. The Morgan fingerprint density at radius 2 is 2.21 bits per heavy atom. The second-order valence-corrected chi connectivity index (χ2v) is 6.45. The van der Waals surface area contributed by atoms with Crippen molar-refractivity contribution in [1.29, 1.82) is 0 Å². The molecule has 0 bridgehead atoms. The van der Waals surface area contributed by atoms with Gasteiger partial charge in [0.15, 0.2) is 11.9 Å². The molecule has 0 saturated carbocycles. The third kappa shape index (κ3) is 2.37. The highest BCUT2D eigenvalue weighted by atomic mass is 16.5. The minimum atomic E-state index is -0.472. The number of benzene rings is 1. The molecule has 3 heterocycles. The summed E-state index contributed by atoms with van der Waals surface area (Å²) in [7, 11) is 0. The largest absolute Gasteiger partial charge is 0.480 e. The van der Waals surface area contributed by atoms with Crippen molar-refractivity contribution < 1.29 is 14.1 Å². The zero-order chi connectivity index (χ0) is 16.7. The van der Waals surface area contributed by atoms with Gasteiger partial charge < -0.3 is 14.2 Å². The van der Waals surface area contributed by atoms with E-state index in [1.165, 1.54) is 0 Å². The maximum atomic E-state index is 13.1. The minimum Gasteiger partial charge on any atom is -0.480 e. The van der Waals surface area contributed by atoms with Crippen LogP contribution in [0.25, 0.3) is 0 Å². The molecule has 0 aliphatic carbocycles. The van der Waals surface area contributed by atoms with Crippen molar-refractivity contribution in [2.24, 2.45) is 0 Å². The lowest BCUT2D eigenvalue weighted by Crippen LogP contribution is -2.42. The summed E-state index contributed by atoms with van der Waals surface area (Å²) in [6.07, 6.45) is 2.04. The number of fused-ring (bicyclic) bond motifs is 1. The van der Waals surface area contributed by atoms with Crippen LogP contribution in [0.4, 0.5) is 0 Å². The van der Waals surface area contributed by atoms with Crippen molar-refractivity contribution in [2.75, 3.05) is 6.54 Å². The minimum absolute atomic E-state index is 0.0176. The van der Waals surface area contributed by atoms with Gasteiger partial charge in [-0.05, 0) is 18.9 Å². The number of para-hydroxylation sites is 1. The van der Waals surface area contributed by atoms with Gasteiger partial charge in [0.05, 0.1) is 6.04 Å². The van der Waals surface area contributed by atoms with Crippen molar-refractivity contribution in [1.82, 2.24) is 15.0 Å². The Labute approximate surface area is 140 Å². The van der Waals surface area contributed by atoms with Gasteiger partial charge in [0.1, 0.15) is 5.75 Å². The van der Waals surface area contributed by atoms with Gasteiger partial charge >= 0.3 is 0 Å². The third-order valence-electron chi connectivity index (χ3n) is 4.98. The number of aryl methyl sites for hydroxylation is 1. The van der Waals surface area contributed by atoms with Gasteiger partial charge in [-0.25, -0.2) is 0 Å². The quantitative estimate of drug-likeness (QED) is 0.867. The molecule has 4 rings (SSSR count). The van der Waals surface area contributed by atoms with E-state index in [1.807, 2.05) is 43.0 Å². The number of likely N-dealkylation sites (tertiary alicyclic amines) is 1. The molecular weight excluding hydrogens is 306 g/mol. The number of carbonyl (C=O) groups is 1. The number of hydrogen-bond donors (Lipinski definition) is 0. The van der Waals surface area contributed by atoms with Crippen LogP contribution in [-0.4, -0.2) is 33.6 Å². The number of aromatic nitrogens is 2. The van der Waals surface area contributed by atoms with Gasteiger partial charge in [0.25, 0.3) is 5.91 Å². The molecule has 2 aliphatic heterocycles. The van der Waals surface area contributed by atoms with E-state index in [2.05, 4.69) is 10.1 Å². The van der Waals surface area contributed by atoms with Crippen LogP contribution in [0.15, 0.2) is 28.8 Å². The van der Waals surface area contributed by atoms with Gasteiger partial charge in [0, 0.05) is 24.4 Å². The van der Waals surface area contributed by atoms with Crippen LogP contribution in [-0.2, 0) is 11.2 Å². The Balaban J connectivity index is 1.56. The number of hydrogen-bond acceptors (Lipinski definition) is 5. The van der Waals surface area contributed by atoms with Crippen LogP contribution in [0.5, 0.6) is 5.75 Å². The highest BCUT2D eigenvalue weighted by Crippen LogP contribution is 2.40. The van der Waals surface area contributed by atoms with Crippen molar-refractivity contribution in [3.8, 4) is 5.75 Å². The molecular formula is C18H21N3O3. The molecule has 2 aromatic rings. The molecule has 126 valence electrons. The topological polar surface area (TPSA) is 68.5 Å². The zero-order valence-electron chi connectivity index (χ0n) is 13.9. The number of amides is 1. The first-order valence-electron chi connectivity index (χ1n) is 8.57. The molecule has 6 nitrogen and oxygen atoms in total. The lowest BCUT2D eigenvalue weighted by atomic mass is 9.96. The summed E-state index contributed by atoms with van der Waals surface area (Å²) in [5.41, 5.74) is 1.10. The first kappa shape index (κ1) is 15.2. The van der Waals surface area contributed by atoms with E-state index < -0.39 is 6.10 Å². The third-order valence-corrected chi connectivity index (χ3v) is 4.98. The summed E-state index contributed by atoms with van der Waals surface area (Å²) in [5.74, 6) is 2.10. The molecule has 1 aromatic heterocycles. The zero-order valence-corrected chi connectivity index (χ0v) is 13.9. The Hall–Kier alpha value is -2.37. The number of carbonyl (C=O) groups excluding carboxylic acids is 1. The first-order chi connectivity index (χ1) is 11.7. The van der Waals surface area contributed by atoms with Crippen molar-refractivity contribution in [3.05, 3.63) is 41.5 Å². The first-order valence-corrected chi connectivity index (χ1v) is 8.57. The predicted molar refractivity (Wildman–Crippen MR) is 86.6 cm³/mol. The van der Waals surface area contributed by atoms with Gasteiger partial charge in [-0.15, -0.1) is 0 Å². The van der Waals surface area contributed by atoms with Gasteiger partial charge in [-0.3, -0.25) is 4.79 Å². The molecule has 6 heteroatoms. The highest BCUT2D eigenvalue weighted by molar-refractivity contribution is 5.84. The molecule has 1 amide bonds. The molecule has 1 fully saturated rings. The maximum Gasteiger partial charge on any atom is 0.264 e. The Morgan fingerprint density at radius 1 is 1.38 bits per heavy atom. The van der Waals surface area contributed by atoms with Crippen molar-refractivity contribution >= 4 is 5.91 Å². The van der Waals surface area contributed by atoms with Crippen molar-refractivity contribution in [3.63, 3.8) is 0 Å². The standard InChI is InChI=1S/C18H21N3O3/c1-3-15-19-17(20-24-15)13-8-6-10-21(13)18(22)16-11(2)12-7-4-5-9-14(12)23-16/h4-5,7,9,11,13,16H,3,6,8,10H2,1-2H3/t11-,13+,16+/m1/s1. The average molecular weight is 327 g/mol. The smallest absolute Gasteiger partial charge is 0.264 e. The van der Waals surface area contributed by atoms with Crippen LogP contribution < -0.4 is 4.74 Å². The fourth-order valence-electron chi connectivity index (χ4n) is 3.64. The van der Waals surface area contributed by atoms with Crippen LogP contribution >= 0.6 is 0 Å². The van der Waals surface area contributed by atoms with Gasteiger partial charge in [-0.1, -0.05) is 37.2 Å². The number of rotatable bonds is 3. The van der Waals surface area contributed by atoms with Crippen LogP contribution in [0.1, 0.15) is 55.9 Å². The summed E-state index contributed by atoms with van der Waals surface area (Å²) in [5, 5.41) is 4.07. The highest BCUT2D eigenvalue weighted by Gasteiger charge is 2.43. The SMILES string of the molecule is CCc1nc([C@@H]2CCCN2C(=O)[C@H]2Oc3ccccc3[C@H]2C)no1. The molecule has 1 saturated heterocycles. The van der Waals surface area contributed by atoms with E-state index in [0.29, 0.717) is 24.7 Å². The second kappa shape index (κ2) is 5.92. The normalized spacial score (nSPS) is 25.6. The molecule has 0 spiro atoms. The number of ether oxygens (including phenoxy) is 1.